The molecule has 2 aromatic heterocycles. The molecule has 8 heteroatoms. The van der Waals surface area contributed by atoms with Crippen molar-refractivity contribution in [2.45, 2.75) is 26.7 Å². The number of anilines is 1. The van der Waals surface area contributed by atoms with Crippen LogP contribution in [0.4, 0.5) is 5.69 Å². The molecule has 0 aliphatic heterocycles. The minimum absolute atomic E-state index is 0.107. The number of aryl methyl sites for hydroxylation is 2. The van der Waals surface area contributed by atoms with Crippen LogP contribution in [0.15, 0.2) is 30.6 Å². The summed E-state index contributed by atoms with van der Waals surface area (Å²) >= 11 is 0. The molecule has 0 saturated carbocycles. The zero-order valence-corrected chi connectivity index (χ0v) is 15.9. The molecule has 0 fully saturated rings. The van der Waals surface area contributed by atoms with Crippen molar-refractivity contribution < 1.29 is 9.59 Å². The number of nitrogens with zero attached hydrogens (tertiary/aromatic N) is 5. The fraction of sp³-hybridized carbons (Fsp3) is 0.316. The minimum Gasteiger partial charge on any atom is -0.345 e. The fourth-order valence-corrected chi connectivity index (χ4v) is 2.97. The lowest BCUT2D eigenvalue weighted by molar-refractivity contribution is -0.116. The lowest BCUT2D eigenvalue weighted by Crippen LogP contribution is -2.22. The van der Waals surface area contributed by atoms with Crippen LogP contribution in [0.3, 0.4) is 0 Å². The summed E-state index contributed by atoms with van der Waals surface area (Å²) < 4.78 is 1.68. The lowest BCUT2D eigenvalue weighted by atomic mass is 10.1. The molecule has 0 bridgehead atoms. The Hall–Kier alpha value is -3.29. The molecule has 0 unspecified atom stereocenters. The molecule has 0 saturated heterocycles. The highest BCUT2D eigenvalue weighted by molar-refractivity contribution is 5.97. The smallest absolute Gasteiger partial charge is 0.253 e. The maximum Gasteiger partial charge on any atom is 0.253 e. The Morgan fingerprint density at radius 1 is 1.22 bits per heavy atom. The SMILES string of the molecule is Cc1nc2ncnn2c(C)c1CCC(=O)Nc1cccc(C(=O)N(C)C)c1. The van der Waals surface area contributed by atoms with Gasteiger partial charge in [0.2, 0.25) is 5.91 Å². The molecule has 0 aliphatic carbocycles. The van der Waals surface area contributed by atoms with Gasteiger partial charge in [-0.3, -0.25) is 9.59 Å². The minimum atomic E-state index is -0.123. The second-order valence-corrected chi connectivity index (χ2v) is 6.56. The van der Waals surface area contributed by atoms with E-state index in [-0.39, 0.29) is 11.8 Å². The van der Waals surface area contributed by atoms with E-state index in [1.807, 2.05) is 13.8 Å². The molecule has 2 amide bonds. The van der Waals surface area contributed by atoms with Crippen LogP contribution < -0.4 is 5.32 Å². The molecule has 27 heavy (non-hydrogen) atoms. The molecular formula is C19H22N6O2. The second-order valence-electron chi connectivity index (χ2n) is 6.56. The van der Waals surface area contributed by atoms with E-state index in [0.717, 1.165) is 17.0 Å². The Balaban J connectivity index is 1.69. The standard InChI is InChI=1S/C19H22N6O2/c1-12-16(13(2)25-19(22-12)20-11-21-25)8-9-17(26)23-15-7-5-6-14(10-15)18(27)24(3)4/h5-7,10-11H,8-9H2,1-4H3,(H,23,26). The Morgan fingerprint density at radius 3 is 2.74 bits per heavy atom. The maximum absolute atomic E-state index is 12.4. The second kappa shape index (κ2) is 7.53. The first-order valence-corrected chi connectivity index (χ1v) is 8.64. The number of fused-ring (bicyclic) bond motifs is 1. The van der Waals surface area contributed by atoms with Crippen molar-refractivity contribution in [3.05, 3.63) is 53.1 Å². The first kappa shape index (κ1) is 18.5. The van der Waals surface area contributed by atoms with E-state index in [1.165, 1.54) is 11.2 Å². The van der Waals surface area contributed by atoms with Crippen LogP contribution in [0.2, 0.25) is 0 Å². The van der Waals surface area contributed by atoms with Gasteiger partial charge in [-0.15, -0.1) is 0 Å². The van der Waals surface area contributed by atoms with Crippen LogP contribution in [-0.4, -0.2) is 50.4 Å². The van der Waals surface area contributed by atoms with E-state index in [4.69, 9.17) is 0 Å². The van der Waals surface area contributed by atoms with Gasteiger partial charge in [0.25, 0.3) is 11.7 Å². The van der Waals surface area contributed by atoms with Crippen LogP contribution in [-0.2, 0) is 11.2 Å². The molecule has 2 heterocycles. The largest absolute Gasteiger partial charge is 0.345 e. The Morgan fingerprint density at radius 2 is 2.00 bits per heavy atom. The number of hydrogen-bond donors (Lipinski definition) is 1. The van der Waals surface area contributed by atoms with Gasteiger partial charge in [0.15, 0.2) is 0 Å². The van der Waals surface area contributed by atoms with Crippen LogP contribution in [0.5, 0.6) is 0 Å². The number of hydrogen-bond acceptors (Lipinski definition) is 5. The predicted octanol–water partition coefficient (Wildman–Crippen LogP) is 2.01. The van der Waals surface area contributed by atoms with Gasteiger partial charge in [0.05, 0.1) is 0 Å². The topological polar surface area (TPSA) is 92.5 Å². The van der Waals surface area contributed by atoms with E-state index in [9.17, 15) is 9.59 Å². The van der Waals surface area contributed by atoms with Crippen LogP contribution >= 0.6 is 0 Å². The van der Waals surface area contributed by atoms with Crippen molar-refractivity contribution in [2.24, 2.45) is 0 Å². The van der Waals surface area contributed by atoms with E-state index >= 15 is 0 Å². The van der Waals surface area contributed by atoms with Crippen molar-refractivity contribution in [2.75, 3.05) is 19.4 Å². The molecule has 8 nitrogen and oxygen atoms in total. The summed E-state index contributed by atoms with van der Waals surface area (Å²) in [7, 11) is 3.39. The number of aromatic nitrogens is 4. The molecule has 1 N–H and O–H groups in total. The molecule has 1 aromatic carbocycles. The first-order valence-electron chi connectivity index (χ1n) is 8.64. The van der Waals surface area contributed by atoms with Gasteiger partial charge in [0.1, 0.15) is 6.33 Å². The van der Waals surface area contributed by atoms with Crippen LogP contribution in [0.25, 0.3) is 5.78 Å². The highest BCUT2D eigenvalue weighted by atomic mass is 16.2. The monoisotopic (exact) mass is 366 g/mol. The van der Waals surface area contributed by atoms with Gasteiger partial charge in [0, 0.05) is 43.2 Å². The Labute approximate surface area is 157 Å². The number of carbonyl (C=O) groups excluding carboxylic acids is 2. The van der Waals surface area contributed by atoms with Crippen molar-refractivity contribution >= 4 is 23.3 Å². The Kier molecular flexibility index (Phi) is 5.16. The zero-order chi connectivity index (χ0) is 19.6. The summed E-state index contributed by atoms with van der Waals surface area (Å²) in [4.78, 5) is 34.4. The summed E-state index contributed by atoms with van der Waals surface area (Å²) in [5.41, 5.74) is 3.90. The molecule has 0 aliphatic rings. The number of amides is 2. The normalized spacial score (nSPS) is 10.8. The summed E-state index contributed by atoms with van der Waals surface area (Å²) in [5, 5.41) is 7.01. The third-order valence-corrected chi connectivity index (χ3v) is 4.39. The lowest BCUT2D eigenvalue weighted by Gasteiger charge is -2.12. The third kappa shape index (κ3) is 3.94. The Bertz CT molecular complexity index is 1010. The number of carbonyl (C=O) groups is 2. The van der Waals surface area contributed by atoms with Gasteiger partial charge < -0.3 is 10.2 Å². The highest BCUT2D eigenvalue weighted by Gasteiger charge is 2.13. The van der Waals surface area contributed by atoms with Crippen molar-refractivity contribution in [3.8, 4) is 0 Å². The van der Waals surface area contributed by atoms with E-state index in [0.29, 0.717) is 29.9 Å². The average molecular weight is 366 g/mol. The molecule has 0 radical (unpaired) electrons. The van der Waals surface area contributed by atoms with Gasteiger partial charge in [-0.25, -0.2) is 9.50 Å². The van der Waals surface area contributed by atoms with E-state index in [2.05, 4.69) is 20.4 Å². The van der Waals surface area contributed by atoms with Gasteiger partial charge >= 0.3 is 0 Å². The summed E-state index contributed by atoms with van der Waals surface area (Å²) in [6, 6.07) is 6.93. The van der Waals surface area contributed by atoms with Crippen LogP contribution in [0.1, 0.15) is 33.7 Å². The molecule has 3 aromatic rings. The van der Waals surface area contributed by atoms with E-state index in [1.54, 1.807) is 42.9 Å². The van der Waals surface area contributed by atoms with Crippen molar-refractivity contribution in [1.29, 1.82) is 0 Å². The van der Waals surface area contributed by atoms with E-state index < -0.39 is 0 Å². The molecule has 0 atom stereocenters. The molecule has 0 spiro atoms. The maximum atomic E-state index is 12.4. The van der Waals surface area contributed by atoms with Crippen molar-refractivity contribution in [1.82, 2.24) is 24.5 Å². The molecule has 140 valence electrons. The van der Waals surface area contributed by atoms with Gasteiger partial charge in [-0.1, -0.05) is 6.07 Å². The molecular weight excluding hydrogens is 344 g/mol. The van der Waals surface area contributed by atoms with Gasteiger partial charge in [-0.2, -0.15) is 10.1 Å². The zero-order valence-electron chi connectivity index (χ0n) is 15.9. The van der Waals surface area contributed by atoms with Gasteiger partial charge in [-0.05, 0) is 44.0 Å². The molecule has 3 rings (SSSR count). The number of benzene rings is 1. The first-order chi connectivity index (χ1) is 12.9. The summed E-state index contributed by atoms with van der Waals surface area (Å²) in [6.45, 7) is 3.85. The number of rotatable bonds is 5. The predicted molar refractivity (Wildman–Crippen MR) is 102 cm³/mol. The quantitative estimate of drug-likeness (QED) is 0.746. The van der Waals surface area contributed by atoms with Crippen molar-refractivity contribution in [3.63, 3.8) is 0 Å². The average Bonchev–Trinajstić information content (AvgIpc) is 3.09. The third-order valence-electron chi connectivity index (χ3n) is 4.39. The number of nitrogens with one attached hydrogen (secondary N) is 1. The highest BCUT2D eigenvalue weighted by Crippen LogP contribution is 2.16. The fourth-order valence-electron chi connectivity index (χ4n) is 2.97. The van der Waals surface area contributed by atoms with Crippen LogP contribution in [0, 0.1) is 13.8 Å². The summed E-state index contributed by atoms with van der Waals surface area (Å²) in [5.74, 6) is 0.326. The summed E-state index contributed by atoms with van der Waals surface area (Å²) in [6.07, 6.45) is 2.31.